The summed E-state index contributed by atoms with van der Waals surface area (Å²) >= 11 is 0. The third kappa shape index (κ3) is 5.83. The molecule has 0 unspecified atom stereocenters. The van der Waals surface area contributed by atoms with E-state index in [0.29, 0.717) is 42.2 Å². The molecular weight excluding hydrogens is 310 g/mol. The summed E-state index contributed by atoms with van der Waals surface area (Å²) in [6.45, 7) is 2.05. The van der Waals surface area contributed by atoms with Gasteiger partial charge in [-0.05, 0) is 30.5 Å². The standard InChI is InChI=1S/C17H21N3O4/c1-2-4-14-19-16(24-20-14)6-3-5-15(21)18-13-9-7-12(8-10-13)11-17(22)23/h7-10H,2-6,11H2,1H3,(H,18,21)(H,22,23). The molecule has 1 heterocycles. The predicted molar refractivity (Wildman–Crippen MR) is 87.6 cm³/mol. The molecule has 1 aromatic heterocycles. The van der Waals surface area contributed by atoms with E-state index >= 15 is 0 Å². The lowest BCUT2D eigenvalue weighted by Gasteiger charge is -2.05. The van der Waals surface area contributed by atoms with Gasteiger partial charge in [-0.3, -0.25) is 9.59 Å². The summed E-state index contributed by atoms with van der Waals surface area (Å²) in [6.07, 6.45) is 3.27. The predicted octanol–water partition coefficient (Wildman–Crippen LogP) is 2.61. The maximum absolute atomic E-state index is 11.9. The molecule has 128 valence electrons. The number of carbonyl (C=O) groups excluding carboxylic acids is 1. The van der Waals surface area contributed by atoms with Crippen LogP contribution < -0.4 is 5.32 Å². The monoisotopic (exact) mass is 331 g/mol. The summed E-state index contributed by atoms with van der Waals surface area (Å²) in [6, 6.07) is 6.78. The second-order valence-electron chi connectivity index (χ2n) is 5.52. The highest BCUT2D eigenvalue weighted by Crippen LogP contribution is 2.11. The van der Waals surface area contributed by atoms with Crippen molar-refractivity contribution in [2.75, 3.05) is 5.32 Å². The van der Waals surface area contributed by atoms with Gasteiger partial charge in [0.2, 0.25) is 11.8 Å². The van der Waals surface area contributed by atoms with Crippen molar-refractivity contribution >= 4 is 17.6 Å². The normalized spacial score (nSPS) is 10.5. The van der Waals surface area contributed by atoms with Crippen LogP contribution in [-0.4, -0.2) is 27.1 Å². The zero-order chi connectivity index (χ0) is 17.4. The Balaban J connectivity index is 1.73. The van der Waals surface area contributed by atoms with E-state index < -0.39 is 5.97 Å². The van der Waals surface area contributed by atoms with E-state index in [2.05, 4.69) is 22.4 Å². The van der Waals surface area contributed by atoms with Crippen LogP contribution in [0.25, 0.3) is 0 Å². The maximum atomic E-state index is 11.9. The fraction of sp³-hybridized carbons (Fsp3) is 0.412. The number of hydrogen-bond acceptors (Lipinski definition) is 5. The molecule has 0 fully saturated rings. The topological polar surface area (TPSA) is 105 Å². The van der Waals surface area contributed by atoms with Crippen LogP contribution in [0.5, 0.6) is 0 Å². The smallest absolute Gasteiger partial charge is 0.307 e. The molecule has 24 heavy (non-hydrogen) atoms. The van der Waals surface area contributed by atoms with Crippen molar-refractivity contribution in [2.24, 2.45) is 0 Å². The van der Waals surface area contributed by atoms with Gasteiger partial charge in [0.15, 0.2) is 5.82 Å². The lowest BCUT2D eigenvalue weighted by molar-refractivity contribution is -0.136. The van der Waals surface area contributed by atoms with Gasteiger partial charge in [0, 0.05) is 24.9 Å². The fourth-order valence-electron chi connectivity index (χ4n) is 2.22. The van der Waals surface area contributed by atoms with Gasteiger partial charge in [-0.25, -0.2) is 0 Å². The summed E-state index contributed by atoms with van der Waals surface area (Å²) < 4.78 is 5.12. The van der Waals surface area contributed by atoms with Gasteiger partial charge in [0.1, 0.15) is 0 Å². The van der Waals surface area contributed by atoms with E-state index in [0.717, 1.165) is 12.8 Å². The molecule has 7 heteroatoms. The molecule has 2 rings (SSSR count). The number of benzene rings is 1. The summed E-state index contributed by atoms with van der Waals surface area (Å²) in [5.41, 5.74) is 1.34. The number of aryl methyl sites for hydroxylation is 2. The van der Waals surface area contributed by atoms with Crippen molar-refractivity contribution in [1.82, 2.24) is 10.1 Å². The molecule has 2 N–H and O–H groups in total. The largest absolute Gasteiger partial charge is 0.481 e. The van der Waals surface area contributed by atoms with Gasteiger partial charge >= 0.3 is 5.97 Å². The van der Waals surface area contributed by atoms with Crippen molar-refractivity contribution < 1.29 is 19.2 Å². The molecular formula is C17H21N3O4. The van der Waals surface area contributed by atoms with Crippen molar-refractivity contribution in [1.29, 1.82) is 0 Å². The van der Waals surface area contributed by atoms with E-state index in [1.807, 2.05) is 0 Å². The highest BCUT2D eigenvalue weighted by molar-refractivity contribution is 5.90. The van der Waals surface area contributed by atoms with Crippen LogP contribution >= 0.6 is 0 Å². The Morgan fingerprint density at radius 3 is 2.62 bits per heavy atom. The SMILES string of the molecule is CCCc1noc(CCCC(=O)Nc2ccc(CC(=O)O)cc2)n1. The van der Waals surface area contributed by atoms with Crippen LogP contribution in [0.15, 0.2) is 28.8 Å². The van der Waals surface area contributed by atoms with Crippen LogP contribution in [0, 0.1) is 0 Å². The minimum Gasteiger partial charge on any atom is -0.481 e. The molecule has 0 radical (unpaired) electrons. The first-order valence-corrected chi connectivity index (χ1v) is 7.99. The van der Waals surface area contributed by atoms with E-state index in [9.17, 15) is 9.59 Å². The quantitative estimate of drug-likeness (QED) is 0.731. The second kappa shape index (κ2) is 8.81. The number of amides is 1. The molecule has 0 bridgehead atoms. The number of rotatable bonds is 9. The molecule has 2 aromatic rings. The third-order valence-corrected chi connectivity index (χ3v) is 3.37. The molecule has 0 saturated heterocycles. The van der Waals surface area contributed by atoms with Crippen LogP contribution in [0.1, 0.15) is 43.5 Å². The van der Waals surface area contributed by atoms with Gasteiger partial charge in [-0.15, -0.1) is 0 Å². The van der Waals surface area contributed by atoms with Gasteiger partial charge in [-0.1, -0.05) is 24.2 Å². The van der Waals surface area contributed by atoms with Crippen molar-refractivity contribution in [3.63, 3.8) is 0 Å². The van der Waals surface area contributed by atoms with E-state index in [1.54, 1.807) is 24.3 Å². The Kier molecular flexibility index (Phi) is 6.48. The summed E-state index contributed by atoms with van der Waals surface area (Å²) in [7, 11) is 0. The lowest BCUT2D eigenvalue weighted by atomic mass is 10.1. The molecule has 0 aliphatic rings. The average Bonchev–Trinajstić information content (AvgIpc) is 2.97. The van der Waals surface area contributed by atoms with Crippen LogP contribution in [0.3, 0.4) is 0 Å². The molecule has 0 atom stereocenters. The number of anilines is 1. The Morgan fingerprint density at radius 2 is 1.96 bits per heavy atom. The number of nitrogens with zero attached hydrogens (tertiary/aromatic N) is 2. The molecule has 0 aliphatic carbocycles. The molecule has 1 aromatic carbocycles. The highest BCUT2D eigenvalue weighted by Gasteiger charge is 2.08. The summed E-state index contributed by atoms with van der Waals surface area (Å²) in [5.74, 6) is 0.284. The Hall–Kier alpha value is -2.70. The van der Waals surface area contributed by atoms with Crippen molar-refractivity contribution in [3.05, 3.63) is 41.5 Å². The summed E-state index contributed by atoms with van der Waals surface area (Å²) in [5, 5.41) is 15.4. The number of carbonyl (C=O) groups is 2. The number of hydrogen-bond donors (Lipinski definition) is 2. The van der Waals surface area contributed by atoms with Gasteiger partial charge in [0.05, 0.1) is 6.42 Å². The van der Waals surface area contributed by atoms with Gasteiger partial charge in [0.25, 0.3) is 0 Å². The highest BCUT2D eigenvalue weighted by atomic mass is 16.5. The Morgan fingerprint density at radius 1 is 1.21 bits per heavy atom. The third-order valence-electron chi connectivity index (χ3n) is 3.37. The maximum Gasteiger partial charge on any atom is 0.307 e. The van der Waals surface area contributed by atoms with Gasteiger partial charge < -0.3 is 14.9 Å². The number of nitrogens with one attached hydrogen (secondary N) is 1. The lowest BCUT2D eigenvalue weighted by Crippen LogP contribution is -2.11. The molecule has 0 saturated carbocycles. The van der Waals surface area contributed by atoms with E-state index in [1.165, 1.54) is 0 Å². The zero-order valence-corrected chi connectivity index (χ0v) is 13.6. The zero-order valence-electron chi connectivity index (χ0n) is 13.6. The average molecular weight is 331 g/mol. The first-order valence-electron chi connectivity index (χ1n) is 7.99. The fourth-order valence-corrected chi connectivity index (χ4v) is 2.22. The number of aromatic nitrogens is 2. The second-order valence-corrected chi connectivity index (χ2v) is 5.52. The van der Waals surface area contributed by atoms with Crippen LogP contribution in [-0.2, 0) is 28.9 Å². The molecule has 0 aliphatic heterocycles. The number of aliphatic carboxylic acids is 1. The summed E-state index contributed by atoms with van der Waals surface area (Å²) in [4.78, 5) is 26.8. The van der Waals surface area contributed by atoms with Crippen molar-refractivity contribution in [3.8, 4) is 0 Å². The van der Waals surface area contributed by atoms with E-state index in [4.69, 9.17) is 9.63 Å². The van der Waals surface area contributed by atoms with Gasteiger partial charge in [-0.2, -0.15) is 4.98 Å². The minimum atomic E-state index is -0.880. The molecule has 0 spiro atoms. The van der Waals surface area contributed by atoms with Crippen LogP contribution in [0.2, 0.25) is 0 Å². The van der Waals surface area contributed by atoms with E-state index in [-0.39, 0.29) is 12.3 Å². The van der Waals surface area contributed by atoms with Crippen LogP contribution in [0.4, 0.5) is 5.69 Å². The molecule has 1 amide bonds. The first-order chi connectivity index (χ1) is 11.6. The minimum absolute atomic E-state index is 0.0293. The first kappa shape index (κ1) is 17.7. The Labute approximate surface area is 140 Å². The molecule has 7 nitrogen and oxygen atoms in total. The number of carboxylic acids is 1. The Bertz CT molecular complexity index is 679. The van der Waals surface area contributed by atoms with Crippen molar-refractivity contribution in [2.45, 2.75) is 45.4 Å². The number of carboxylic acid groups (broad SMARTS) is 1.